The van der Waals surface area contributed by atoms with Crippen molar-refractivity contribution in [3.8, 4) is 0 Å². The van der Waals surface area contributed by atoms with Gasteiger partial charge in [-0.25, -0.2) is 0 Å². The molecule has 0 spiro atoms. The van der Waals surface area contributed by atoms with Crippen molar-refractivity contribution in [3.05, 3.63) is 0 Å². The van der Waals surface area contributed by atoms with Gasteiger partial charge in [-0.3, -0.25) is 0 Å². The van der Waals surface area contributed by atoms with Crippen LogP contribution in [0, 0.1) is 17.8 Å². The van der Waals surface area contributed by atoms with E-state index >= 15 is 0 Å². The van der Waals surface area contributed by atoms with Crippen molar-refractivity contribution in [2.45, 2.75) is 13.3 Å². The van der Waals surface area contributed by atoms with E-state index in [1.807, 2.05) is 0 Å². The molecule has 0 bridgehead atoms. The number of piperidine rings is 1. The molecule has 1 N–H and O–H groups in total. The van der Waals surface area contributed by atoms with E-state index < -0.39 is 0 Å². The van der Waals surface area contributed by atoms with E-state index in [4.69, 9.17) is 0 Å². The summed E-state index contributed by atoms with van der Waals surface area (Å²) in [6, 6.07) is 0. The lowest BCUT2D eigenvalue weighted by Crippen LogP contribution is -2.23. The Kier molecular flexibility index (Phi) is 0.884. The molecule has 0 radical (unpaired) electrons. The van der Waals surface area contributed by atoms with E-state index in [0.29, 0.717) is 0 Å². The fraction of sp³-hybridized carbons (Fsp3) is 1.00. The molecule has 8 heavy (non-hydrogen) atoms. The van der Waals surface area contributed by atoms with Crippen LogP contribution >= 0.6 is 0 Å². The Balaban J connectivity index is 1.97. The van der Waals surface area contributed by atoms with Crippen molar-refractivity contribution in [3.63, 3.8) is 0 Å². The Bertz CT molecular complexity index is 88.6. The average molecular weight is 111 g/mol. The van der Waals surface area contributed by atoms with Crippen molar-refractivity contribution in [2.24, 2.45) is 17.8 Å². The van der Waals surface area contributed by atoms with Crippen molar-refractivity contribution in [2.75, 3.05) is 13.1 Å². The quantitative estimate of drug-likeness (QED) is 0.489. The molecule has 1 saturated heterocycles. The lowest BCUT2D eigenvalue weighted by atomic mass is 10.2. The van der Waals surface area contributed by atoms with Gasteiger partial charge >= 0.3 is 0 Å². The van der Waals surface area contributed by atoms with Gasteiger partial charge in [-0.1, -0.05) is 6.92 Å². The minimum absolute atomic E-state index is 1.05. The van der Waals surface area contributed by atoms with E-state index in [9.17, 15) is 0 Å². The molecule has 0 unspecified atom stereocenters. The van der Waals surface area contributed by atoms with Crippen LogP contribution in [0.1, 0.15) is 13.3 Å². The summed E-state index contributed by atoms with van der Waals surface area (Å²) in [7, 11) is 0. The van der Waals surface area contributed by atoms with E-state index in [1.165, 1.54) is 19.5 Å². The van der Waals surface area contributed by atoms with Gasteiger partial charge in [0.15, 0.2) is 0 Å². The van der Waals surface area contributed by atoms with Crippen molar-refractivity contribution >= 4 is 0 Å². The second-order valence-electron chi connectivity index (χ2n) is 3.18. The number of nitrogens with one attached hydrogen (secondary N) is 1. The van der Waals surface area contributed by atoms with Gasteiger partial charge in [0.1, 0.15) is 0 Å². The molecule has 1 heteroatoms. The first-order chi connectivity index (χ1) is 3.89. The van der Waals surface area contributed by atoms with Crippen LogP contribution in [0.3, 0.4) is 0 Å². The van der Waals surface area contributed by atoms with Gasteiger partial charge in [0.2, 0.25) is 0 Å². The molecule has 1 aliphatic carbocycles. The summed E-state index contributed by atoms with van der Waals surface area (Å²) < 4.78 is 0. The van der Waals surface area contributed by atoms with Crippen LogP contribution in [0.5, 0.6) is 0 Å². The molecular formula is C7H13N. The molecule has 1 nitrogen and oxygen atoms in total. The summed E-state index contributed by atoms with van der Waals surface area (Å²) >= 11 is 0. The molecule has 1 heterocycles. The topological polar surface area (TPSA) is 12.0 Å². The largest absolute Gasteiger partial charge is 0.316 e. The third-order valence-electron chi connectivity index (χ3n) is 2.79. The minimum atomic E-state index is 1.05. The Morgan fingerprint density at radius 2 is 2.25 bits per heavy atom. The third-order valence-corrected chi connectivity index (χ3v) is 2.79. The molecule has 0 aromatic carbocycles. The molecule has 0 aromatic heterocycles. The molecule has 1 aliphatic heterocycles. The predicted octanol–water partition coefficient (Wildman–Crippen LogP) is 0.862. The van der Waals surface area contributed by atoms with Gasteiger partial charge in [-0.15, -0.1) is 0 Å². The molecule has 46 valence electrons. The Hall–Kier alpha value is -0.0400. The standard InChI is InChI=1S/C7H13N/c1-5-6-2-3-8-4-7(5)6/h5-8H,2-4H2,1H3/t5-,6-,7+/m0/s1. The summed E-state index contributed by atoms with van der Waals surface area (Å²) in [4.78, 5) is 0. The van der Waals surface area contributed by atoms with Crippen LogP contribution < -0.4 is 5.32 Å². The smallest absolute Gasteiger partial charge is 0.00151 e. The molecular weight excluding hydrogens is 98.1 g/mol. The monoisotopic (exact) mass is 111 g/mol. The van der Waals surface area contributed by atoms with Gasteiger partial charge in [-0.05, 0) is 37.3 Å². The molecule has 0 amide bonds. The number of rotatable bonds is 0. The highest BCUT2D eigenvalue weighted by Crippen LogP contribution is 2.48. The van der Waals surface area contributed by atoms with Crippen molar-refractivity contribution < 1.29 is 0 Å². The Morgan fingerprint density at radius 1 is 1.38 bits per heavy atom. The zero-order valence-corrected chi connectivity index (χ0v) is 5.35. The lowest BCUT2D eigenvalue weighted by molar-refractivity contribution is 0.497. The summed E-state index contributed by atoms with van der Waals surface area (Å²) in [6.07, 6.45) is 1.44. The molecule has 1 saturated carbocycles. The van der Waals surface area contributed by atoms with E-state index in [0.717, 1.165) is 17.8 Å². The molecule has 2 rings (SSSR count). The lowest BCUT2D eigenvalue weighted by Gasteiger charge is -2.08. The van der Waals surface area contributed by atoms with Crippen LogP contribution in [0.25, 0.3) is 0 Å². The maximum atomic E-state index is 3.41. The summed E-state index contributed by atoms with van der Waals surface area (Å²) in [6.45, 7) is 4.94. The normalized spacial score (nSPS) is 52.9. The maximum absolute atomic E-state index is 3.41. The Morgan fingerprint density at radius 3 is 2.75 bits per heavy atom. The molecule has 0 aromatic rings. The fourth-order valence-corrected chi connectivity index (χ4v) is 1.99. The first-order valence-electron chi connectivity index (χ1n) is 3.60. The summed E-state index contributed by atoms with van der Waals surface area (Å²) in [5.74, 6) is 3.21. The van der Waals surface area contributed by atoms with Gasteiger partial charge < -0.3 is 5.32 Å². The average Bonchev–Trinajstić information content (AvgIpc) is 2.46. The SMILES string of the molecule is C[C@@H]1[C@H]2CNCC[C@@H]12. The fourth-order valence-electron chi connectivity index (χ4n) is 1.99. The highest BCUT2D eigenvalue weighted by Gasteiger charge is 2.46. The summed E-state index contributed by atoms with van der Waals surface area (Å²) in [5, 5.41) is 3.41. The van der Waals surface area contributed by atoms with E-state index in [2.05, 4.69) is 12.2 Å². The van der Waals surface area contributed by atoms with Gasteiger partial charge in [0.25, 0.3) is 0 Å². The van der Waals surface area contributed by atoms with Gasteiger partial charge in [-0.2, -0.15) is 0 Å². The second kappa shape index (κ2) is 1.47. The third kappa shape index (κ3) is 0.510. The van der Waals surface area contributed by atoms with Crippen LogP contribution in [0.15, 0.2) is 0 Å². The molecule has 2 fully saturated rings. The summed E-state index contributed by atoms with van der Waals surface area (Å²) in [5.41, 5.74) is 0. The highest BCUT2D eigenvalue weighted by molar-refractivity contribution is 4.97. The van der Waals surface area contributed by atoms with Crippen LogP contribution in [-0.2, 0) is 0 Å². The van der Waals surface area contributed by atoms with Crippen LogP contribution in [0.2, 0.25) is 0 Å². The van der Waals surface area contributed by atoms with Crippen LogP contribution in [0.4, 0.5) is 0 Å². The maximum Gasteiger partial charge on any atom is -0.00151 e. The number of hydrogen-bond acceptors (Lipinski definition) is 1. The van der Waals surface area contributed by atoms with Crippen molar-refractivity contribution in [1.82, 2.24) is 5.32 Å². The van der Waals surface area contributed by atoms with Gasteiger partial charge in [0, 0.05) is 0 Å². The van der Waals surface area contributed by atoms with E-state index in [-0.39, 0.29) is 0 Å². The minimum Gasteiger partial charge on any atom is -0.316 e. The van der Waals surface area contributed by atoms with Crippen LogP contribution in [-0.4, -0.2) is 13.1 Å². The van der Waals surface area contributed by atoms with E-state index in [1.54, 1.807) is 0 Å². The zero-order valence-electron chi connectivity index (χ0n) is 5.35. The Labute approximate surface area is 50.5 Å². The first-order valence-corrected chi connectivity index (χ1v) is 3.60. The number of fused-ring (bicyclic) bond motifs is 1. The molecule has 3 atom stereocenters. The predicted molar refractivity (Wildman–Crippen MR) is 33.6 cm³/mol. The van der Waals surface area contributed by atoms with Crippen molar-refractivity contribution in [1.29, 1.82) is 0 Å². The second-order valence-corrected chi connectivity index (χ2v) is 3.18. The molecule has 2 aliphatic rings. The number of hydrogen-bond donors (Lipinski definition) is 1. The van der Waals surface area contributed by atoms with Gasteiger partial charge in [0.05, 0.1) is 0 Å². The highest BCUT2D eigenvalue weighted by atomic mass is 14.9. The first kappa shape index (κ1) is 4.80. The zero-order chi connectivity index (χ0) is 5.56.